The number of nitrogens with zero attached hydrogens (tertiary/aromatic N) is 2. The maximum Gasteiger partial charge on any atom is 0.295 e. The van der Waals surface area contributed by atoms with Crippen molar-refractivity contribution in [1.29, 1.82) is 0 Å². The van der Waals surface area contributed by atoms with E-state index in [0.717, 1.165) is 12.5 Å². The normalized spacial score (nSPS) is 10.6. The summed E-state index contributed by atoms with van der Waals surface area (Å²) in [5.41, 5.74) is 0.119. The summed E-state index contributed by atoms with van der Waals surface area (Å²) in [6.07, 6.45) is 0.896. The van der Waals surface area contributed by atoms with E-state index in [1.807, 2.05) is 0 Å². The standard InChI is InChI=1S/C13H19FN2O3/c1-9(2)5-6-15(3)11-8-13(19-4)10(14)7-12(11)16(17)18/h7-9H,5-6H2,1-4H3. The van der Waals surface area contributed by atoms with Crippen LogP contribution in [0.15, 0.2) is 12.1 Å². The molecule has 19 heavy (non-hydrogen) atoms. The number of anilines is 1. The van der Waals surface area contributed by atoms with E-state index in [9.17, 15) is 14.5 Å². The average Bonchev–Trinajstić information content (AvgIpc) is 2.35. The van der Waals surface area contributed by atoms with Gasteiger partial charge in [0.2, 0.25) is 0 Å². The van der Waals surface area contributed by atoms with Gasteiger partial charge in [0.05, 0.1) is 18.1 Å². The third-order valence-corrected chi connectivity index (χ3v) is 2.90. The van der Waals surface area contributed by atoms with Gasteiger partial charge in [0, 0.05) is 19.7 Å². The number of nitro groups is 1. The minimum Gasteiger partial charge on any atom is -0.494 e. The number of nitro benzene ring substituents is 1. The van der Waals surface area contributed by atoms with E-state index in [0.29, 0.717) is 18.2 Å². The van der Waals surface area contributed by atoms with Crippen molar-refractivity contribution >= 4 is 11.4 Å². The molecule has 0 aromatic heterocycles. The largest absolute Gasteiger partial charge is 0.494 e. The molecule has 1 aromatic carbocycles. The van der Waals surface area contributed by atoms with Crippen molar-refractivity contribution in [1.82, 2.24) is 0 Å². The molecule has 0 saturated carbocycles. The molecule has 0 bridgehead atoms. The number of halogens is 1. The van der Waals surface area contributed by atoms with Gasteiger partial charge in [-0.2, -0.15) is 0 Å². The molecule has 0 atom stereocenters. The van der Waals surface area contributed by atoms with Crippen LogP contribution in [0.2, 0.25) is 0 Å². The molecule has 0 fully saturated rings. The molecular formula is C13H19FN2O3. The van der Waals surface area contributed by atoms with Gasteiger partial charge in [-0.05, 0) is 12.3 Å². The topological polar surface area (TPSA) is 55.6 Å². The van der Waals surface area contributed by atoms with E-state index in [-0.39, 0.29) is 11.4 Å². The quantitative estimate of drug-likeness (QED) is 0.588. The third kappa shape index (κ3) is 3.81. The second-order valence-electron chi connectivity index (χ2n) is 4.84. The van der Waals surface area contributed by atoms with Crippen molar-refractivity contribution in [2.24, 2.45) is 5.92 Å². The summed E-state index contributed by atoms with van der Waals surface area (Å²) in [6, 6.07) is 2.27. The number of rotatable bonds is 6. The van der Waals surface area contributed by atoms with Gasteiger partial charge in [0.15, 0.2) is 11.6 Å². The molecule has 106 valence electrons. The molecule has 1 rings (SSSR count). The fourth-order valence-corrected chi connectivity index (χ4v) is 1.71. The zero-order valence-corrected chi connectivity index (χ0v) is 11.6. The second kappa shape index (κ2) is 6.36. The fraction of sp³-hybridized carbons (Fsp3) is 0.538. The number of hydrogen-bond acceptors (Lipinski definition) is 4. The SMILES string of the molecule is COc1cc(N(C)CCC(C)C)c([N+](=O)[O-])cc1F. The van der Waals surface area contributed by atoms with Gasteiger partial charge < -0.3 is 9.64 Å². The van der Waals surface area contributed by atoms with Crippen LogP contribution in [0.5, 0.6) is 5.75 Å². The van der Waals surface area contributed by atoms with Crippen molar-refractivity contribution in [3.05, 3.63) is 28.1 Å². The predicted molar refractivity (Wildman–Crippen MR) is 72.3 cm³/mol. The van der Waals surface area contributed by atoms with Crippen molar-refractivity contribution in [3.8, 4) is 5.75 Å². The van der Waals surface area contributed by atoms with Crippen LogP contribution >= 0.6 is 0 Å². The highest BCUT2D eigenvalue weighted by Gasteiger charge is 2.21. The summed E-state index contributed by atoms with van der Waals surface area (Å²) < 4.78 is 18.4. The second-order valence-corrected chi connectivity index (χ2v) is 4.84. The molecule has 0 radical (unpaired) electrons. The monoisotopic (exact) mass is 270 g/mol. The van der Waals surface area contributed by atoms with Crippen molar-refractivity contribution < 1.29 is 14.1 Å². The Balaban J connectivity index is 3.12. The lowest BCUT2D eigenvalue weighted by Crippen LogP contribution is -2.21. The molecule has 0 spiro atoms. The number of ether oxygens (including phenoxy) is 1. The van der Waals surface area contributed by atoms with Gasteiger partial charge in [0.1, 0.15) is 5.69 Å². The minimum absolute atomic E-state index is 0.0111. The Hall–Kier alpha value is -1.85. The molecule has 6 heteroatoms. The molecule has 0 heterocycles. The van der Waals surface area contributed by atoms with E-state index in [1.54, 1.807) is 11.9 Å². The lowest BCUT2D eigenvalue weighted by Gasteiger charge is -2.21. The maximum absolute atomic E-state index is 13.5. The van der Waals surface area contributed by atoms with Gasteiger partial charge in [-0.1, -0.05) is 13.8 Å². The van der Waals surface area contributed by atoms with E-state index in [1.165, 1.54) is 13.2 Å². The molecule has 0 saturated heterocycles. The molecular weight excluding hydrogens is 251 g/mol. The molecule has 0 aliphatic carbocycles. The van der Waals surface area contributed by atoms with Crippen molar-refractivity contribution in [3.63, 3.8) is 0 Å². The first-order chi connectivity index (χ1) is 8.86. The van der Waals surface area contributed by atoms with Crippen LogP contribution in [0.25, 0.3) is 0 Å². The first-order valence-electron chi connectivity index (χ1n) is 6.09. The van der Waals surface area contributed by atoms with Crippen LogP contribution in [0, 0.1) is 21.8 Å². The van der Waals surface area contributed by atoms with Crippen molar-refractivity contribution in [2.45, 2.75) is 20.3 Å². The Morgan fingerprint density at radius 2 is 2.11 bits per heavy atom. The Kier molecular flexibility index (Phi) is 5.09. The average molecular weight is 270 g/mol. The van der Waals surface area contributed by atoms with Crippen LogP contribution in [0.3, 0.4) is 0 Å². The van der Waals surface area contributed by atoms with Gasteiger partial charge in [0.25, 0.3) is 5.69 Å². The Bertz CT molecular complexity index is 463. The Labute approximate surface area is 112 Å². The molecule has 0 amide bonds. The Morgan fingerprint density at radius 3 is 2.58 bits per heavy atom. The van der Waals surface area contributed by atoms with E-state index >= 15 is 0 Å². The Morgan fingerprint density at radius 1 is 1.47 bits per heavy atom. The van der Waals surface area contributed by atoms with Gasteiger partial charge in [-0.15, -0.1) is 0 Å². The van der Waals surface area contributed by atoms with Gasteiger partial charge >= 0.3 is 0 Å². The van der Waals surface area contributed by atoms with Crippen LogP contribution in [0.4, 0.5) is 15.8 Å². The first kappa shape index (κ1) is 15.2. The van der Waals surface area contributed by atoms with Crippen LogP contribution in [-0.2, 0) is 0 Å². The summed E-state index contributed by atoms with van der Waals surface area (Å²) in [6.45, 7) is 4.81. The van der Waals surface area contributed by atoms with Crippen LogP contribution < -0.4 is 9.64 Å². The zero-order chi connectivity index (χ0) is 14.6. The van der Waals surface area contributed by atoms with E-state index in [4.69, 9.17) is 4.74 Å². The fourth-order valence-electron chi connectivity index (χ4n) is 1.71. The highest BCUT2D eigenvalue weighted by atomic mass is 19.1. The summed E-state index contributed by atoms with van der Waals surface area (Å²) in [5, 5.41) is 11.0. The van der Waals surface area contributed by atoms with Crippen molar-refractivity contribution in [2.75, 3.05) is 25.6 Å². The molecule has 1 aromatic rings. The minimum atomic E-state index is -0.727. The molecule has 0 aliphatic rings. The number of methoxy groups -OCH3 is 1. The summed E-state index contributed by atoms with van der Waals surface area (Å²) in [5.74, 6) is -0.226. The molecule has 0 N–H and O–H groups in total. The predicted octanol–water partition coefficient (Wildman–Crippen LogP) is 3.22. The maximum atomic E-state index is 13.5. The molecule has 5 nitrogen and oxygen atoms in total. The summed E-state index contributed by atoms with van der Waals surface area (Å²) in [4.78, 5) is 12.2. The van der Waals surface area contributed by atoms with Crippen LogP contribution in [-0.4, -0.2) is 25.6 Å². The molecule has 0 aliphatic heterocycles. The highest BCUT2D eigenvalue weighted by Crippen LogP contribution is 2.34. The highest BCUT2D eigenvalue weighted by molar-refractivity contribution is 5.65. The number of benzene rings is 1. The zero-order valence-electron chi connectivity index (χ0n) is 11.6. The van der Waals surface area contributed by atoms with Crippen LogP contribution in [0.1, 0.15) is 20.3 Å². The van der Waals surface area contributed by atoms with Gasteiger partial charge in [-0.3, -0.25) is 10.1 Å². The first-order valence-corrected chi connectivity index (χ1v) is 6.09. The molecule has 0 unspecified atom stereocenters. The lowest BCUT2D eigenvalue weighted by atomic mass is 10.1. The van der Waals surface area contributed by atoms with Gasteiger partial charge in [-0.25, -0.2) is 4.39 Å². The van der Waals surface area contributed by atoms with E-state index in [2.05, 4.69) is 13.8 Å². The number of hydrogen-bond donors (Lipinski definition) is 0. The summed E-state index contributed by atoms with van der Waals surface area (Å²) in [7, 11) is 3.09. The summed E-state index contributed by atoms with van der Waals surface area (Å²) >= 11 is 0. The van der Waals surface area contributed by atoms with E-state index < -0.39 is 10.7 Å². The third-order valence-electron chi connectivity index (χ3n) is 2.90. The lowest BCUT2D eigenvalue weighted by molar-refractivity contribution is -0.384. The smallest absolute Gasteiger partial charge is 0.295 e.